The largest absolute Gasteiger partial charge is 0.383 e. The molecule has 2 heterocycles. The fraction of sp³-hybridized carbons (Fsp3) is 0.250. The van der Waals surface area contributed by atoms with Crippen LogP contribution in [0.25, 0.3) is 11.2 Å². The van der Waals surface area contributed by atoms with Crippen molar-refractivity contribution >= 4 is 22.8 Å². The van der Waals surface area contributed by atoms with Crippen LogP contribution in [0.2, 0.25) is 5.02 Å². The smallest absolute Gasteiger partial charge is 0.160 e. The SMILES string of the molecule is COCCn1c(Cc2cccc(Cl)c2)nc2cccnc21. The Morgan fingerprint density at radius 2 is 2.14 bits per heavy atom. The number of methoxy groups -OCH3 is 1. The van der Waals surface area contributed by atoms with Crippen LogP contribution >= 0.6 is 11.6 Å². The van der Waals surface area contributed by atoms with Crippen molar-refractivity contribution in [2.24, 2.45) is 0 Å². The van der Waals surface area contributed by atoms with Gasteiger partial charge in [0, 0.05) is 31.3 Å². The number of imidazole rings is 1. The van der Waals surface area contributed by atoms with Gasteiger partial charge in [-0.25, -0.2) is 9.97 Å². The molecule has 0 aliphatic rings. The zero-order chi connectivity index (χ0) is 14.7. The third kappa shape index (κ3) is 3.06. The quantitative estimate of drug-likeness (QED) is 0.726. The standard InChI is InChI=1S/C16H16ClN3O/c1-21-9-8-20-15(11-12-4-2-5-13(17)10-12)19-14-6-3-7-18-16(14)20/h2-7,10H,8-9,11H2,1H3. The molecule has 0 unspecified atom stereocenters. The lowest BCUT2D eigenvalue weighted by Crippen LogP contribution is -2.09. The number of nitrogens with zero attached hydrogens (tertiary/aromatic N) is 3. The molecule has 0 aliphatic heterocycles. The minimum Gasteiger partial charge on any atom is -0.383 e. The van der Waals surface area contributed by atoms with Crippen molar-refractivity contribution in [3.05, 3.63) is 59.0 Å². The molecule has 21 heavy (non-hydrogen) atoms. The predicted octanol–water partition coefficient (Wildman–Crippen LogP) is 3.32. The molecule has 0 saturated heterocycles. The maximum absolute atomic E-state index is 6.05. The number of hydrogen-bond acceptors (Lipinski definition) is 3. The lowest BCUT2D eigenvalue weighted by Gasteiger charge is -2.08. The second-order valence-electron chi connectivity index (χ2n) is 4.83. The second kappa shape index (κ2) is 6.24. The zero-order valence-corrected chi connectivity index (χ0v) is 12.5. The normalized spacial score (nSPS) is 11.1. The average Bonchev–Trinajstić information content (AvgIpc) is 2.82. The molecule has 1 aromatic carbocycles. The average molecular weight is 302 g/mol. The van der Waals surface area contributed by atoms with Gasteiger partial charge in [-0.1, -0.05) is 23.7 Å². The molecule has 0 N–H and O–H groups in total. The van der Waals surface area contributed by atoms with Gasteiger partial charge in [0.2, 0.25) is 0 Å². The van der Waals surface area contributed by atoms with E-state index in [9.17, 15) is 0 Å². The van der Waals surface area contributed by atoms with Crippen molar-refractivity contribution in [2.75, 3.05) is 13.7 Å². The molecule has 0 atom stereocenters. The highest BCUT2D eigenvalue weighted by molar-refractivity contribution is 6.30. The maximum atomic E-state index is 6.05. The Labute approximate surface area is 128 Å². The van der Waals surface area contributed by atoms with Crippen LogP contribution in [0.1, 0.15) is 11.4 Å². The third-order valence-electron chi connectivity index (χ3n) is 3.35. The Balaban J connectivity index is 2.00. The van der Waals surface area contributed by atoms with Gasteiger partial charge in [-0.2, -0.15) is 0 Å². The number of halogens is 1. The summed E-state index contributed by atoms with van der Waals surface area (Å²) in [6, 6.07) is 11.7. The van der Waals surface area contributed by atoms with Gasteiger partial charge in [-0.15, -0.1) is 0 Å². The summed E-state index contributed by atoms with van der Waals surface area (Å²) in [5, 5.41) is 0.741. The highest BCUT2D eigenvalue weighted by Crippen LogP contribution is 2.18. The Bertz CT molecular complexity index is 754. The van der Waals surface area contributed by atoms with E-state index in [1.807, 2.05) is 30.3 Å². The van der Waals surface area contributed by atoms with Gasteiger partial charge >= 0.3 is 0 Å². The number of ether oxygens (including phenoxy) is 1. The summed E-state index contributed by atoms with van der Waals surface area (Å²) in [6.45, 7) is 1.37. The molecule has 0 amide bonds. The van der Waals surface area contributed by atoms with Crippen molar-refractivity contribution in [2.45, 2.75) is 13.0 Å². The molecule has 0 radical (unpaired) electrons. The second-order valence-corrected chi connectivity index (χ2v) is 5.26. The van der Waals surface area contributed by atoms with Gasteiger partial charge in [0.1, 0.15) is 11.3 Å². The van der Waals surface area contributed by atoms with Gasteiger partial charge in [0.15, 0.2) is 5.65 Å². The zero-order valence-electron chi connectivity index (χ0n) is 11.8. The van der Waals surface area contributed by atoms with E-state index in [2.05, 4.69) is 15.6 Å². The number of aromatic nitrogens is 3. The van der Waals surface area contributed by atoms with Crippen molar-refractivity contribution in [3.8, 4) is 0 Å². The number of fused-ring (bicyclic) bond motifs is 1. The molecule has 0 bridgehead atoms. The summed E-state index contributed by atoms with van der Waals surface area (Å²) in [7, 11) is 1.70. The molecule has 0 aliphatic carbocycles. The topological polar surface area (TPSA) is 39.9 Å². The summed E-state index contributed by atoms with van der Waals surface area (Å²) >= 11 is 6.05. The minimum absolute atomic E-state index is 0.630. The summed E-state index contributed by atoms with van der Waals surface area (Å²) in [4.78, 5) is 9.13. The fourth-order valence-electron chi connectivity index (χ4n) is 2.39. The van der Waals surface area contributed by atoms with Crippen LogP contribution < -0.4 is 0 Å². The van der Waals surface area contributed by atoms with Gasteiger partial charge in [0.05, 0.1) is 6.61 Å². The van der Waals surface area contributed by atoms with Gasteiger partial charge < -0.3 is 9.30 Å². The molecule has 108 valence electrons. The molecule has 0 saturated carbocycles. The summed E-state index contributed by atoms with van der Waals surface area (Å²) < 4.78 is 7.30. The third-order valence-corrected chi connectivity index (χ3v) is 3.59. The van der Waals surface area contributed by atoms with Crippen LogP contribution in [0.15, 0.2) is 42.6 Å². The van der Waals surface area contributed by atoms with Gasteiger partial charge in [-0.05, 0) is 29.8 Å². The Hall–Kier alpha value is -1.91. The fourth-order valence-corrected chi connectivity index (χ4v) is 2.60. The van der Waals surface area contributed by atoms with Crippen LogP contribution in [0.3, 0.4) is 0 Å². The number of pyridine rings is 1. The Morgan fingerprint density at radius 1 is 1.24 bits per heavy atom. The van der Waals surface area contributed by atoms with E-state index >= 15 is 0 Å². The Morgan fingerprint density at radius 3 is 2.95 bits per heavy atom. The first-order valence-corrected chi connectivity index (χ1v) is 7.19. The first-order chi connectivity index (χ1) is 10.3. The highest BCUT2D eigenvalue weighted by atomic mass is 35.5. The lowest BCUT2D eigenvalue weighted by atomic mass is 10.1. The van der Waals surface area contributed by atoms with Crippen LogP contribution in [0.4, 0.5) is 0 Å². The molecule has 0 fully saturated rings. The molecule has 4 nitrogen and oxygen atoms in total. The van der Waals surface area contributed by atoms with E-state index in [0.717, 1.165) is 40.5 Å². The molecular formula is C16H16ClN3O. The summed E-state index contributed by atoms with van der Waals surface area (Å²) in [6.07, 6.45) is 2.51. The van der Waals surface area contributed by atoms with Gasteiger partial charge in [0.25, 0.3) is 0 Å². The Kier molecular flexibility index (Phi) is 4.18. The molecular weight excluding hydrogens is 286 g/mol. The van der Waals surface area contributed by atoms with Crippen LogP contribution in [-0.4, -0.2) is 28.3 Å². The van der Waals surface area contributed by atoms with E-state index in [4.69, 9.17) is 21.3 Å². The van der Waals surface area contributed by atoms with E-state index in [0.29, 0.717) is 6.61 Å². The van der Waals surface area contributed by atoms with E-state index < -0.39 is 0 Å². The van der Waals surface area contributed by atoms with Crippen molar-refractivity contribution in [1.29, 1.82) is 0 Å². The van der Waals surface area contributed by atoms with E-state index in [1.165, 1.54) is 0 Å². The van der Waals surface area contributed by atoms with Crippen LogP contribution in [0, 0.1) is 0 Å². The van der Waals surface area contributed by atoms with Crippen LogP contribution in [-0.2, 0) is 17.7 Å². The van der Waals surface area contributed by atoms with Crippen molar-refractivity contribution in [3.63, 3.8) is 0 Å². The maximum Gasteiger partial charge on any atom is 0.160 e. The molecule has 3 rings (SSSR count). The number of rotatable bonds is 5. The highest BCUT2D eigenvalue weighted by Gasteiger charge is 2.12. The van der Waals surface area contributed by atoms with Crippen LogP contribution in [0.5, 0.6) is 0 Å². The van der Waals surface area contributed by atoms with Crippen molar-refractivity contribution < 1.29 is 4.74 Å². The minimum atomic E-state index is 0.630. The predicted molar refractivity (Wildman–Crippen MR) is 83.7 cm³/mol. The number of hydrogen-bond donors (Lipinski definition) is 0. The summed E-state index contributed by atoms with van der Waals surface area (Å²) in [5.41, 5.74) is 2.94. The van der Waals surface area contributed by atoms with E-state index in [-0.39, 0.29) is 0 Å². The van der Waals surface area contributed by atoms with E-state index in [1.54, 1.807) is 13.3 Å². The van der Waals surface area contributed by atoms with Crippen molar-refractivity contribution in [1.82, 2.24) is 14.5 Å². The molecule has 0 spiro atoms. The lowest BCUT2D eigenvalue weighted by molar-refractivity contribution is 0.187. The van der Waals surface area contributed by atoms with Gasteiger partial charge in [-0.3, -0.25) is 0 Å². The first-order valence-electron chi connectivity index (χ1n) is 6.81. The molecule has 2 aromatic heterocycles. The monoisotopic (exact) mass is 301 g/mol. The first kappa shape index (κ1) is 14.0. The molecule has 5 heteroatoms. The number of benzene rings is 1. The molecule has 3 aromatic rings. The summed E-state index contributed by atoms with van der Waals surface area (Å²) in [5.74, 6) is 0.975.